The molecule has 1 aromatic rings. The summed E-state index contributed by atoms with van der Waals surface area (Å²) < 4.78 is 23.8. The topological polar surface area (TPSA) is 102 Å². The van der Waals surface area contributed by atoms with Crippen molar-refractivity contribution in [2.75, 3.05) is 9.38 Å². The minimum atomic E-state index is -3.49. The SMILES string of the molecule is O=[N+]([O-])c1cnc(NS(=O)(=O)CBr)s1. The third-order valence-electron chi connectivity index (χ3n) is 1.06. The Balaban J connectivity index is 2.84. The van der Waals surface area contributed by atoms with E-state index in [4.69, 9.17) is 0 Å². The zero-order valence-corrected chi connectivity index (χ0v) is 9.73. The van der Waals surface area contributed by atoms with E-state index in [-0.39, 0.29) is 14.8 Å². The van der Waals surface area contributed by atoms with Crippen LogP contribution in [0, 0.1) is 10.1 Å². The molecule has 10 heteroatoms. The lowest BCUT2D eigenvalue weighted by Crippen LogP contribution is -2.12. The summed E-state index contributed by atoms with van der Waals surface area (Å²) in [6.45, 7) is 0. The maximum Gasteiger partial charge on any atom is 0.345 e. The van der Waals surface area contributed by atoms with Gasteiger partial charge in [0.25, 0.3) is 0 Å². The van der Waals surface area contributed by atoms with Crippen LogP contribution in [0.3, 0.4) is 0 Å². The second-order valence-electron chi connectivity index (χ2n) is 2.09. The highest BCUT2D eigenvalue weighted by molar-refractivity contribution is 9.10. The first-order chi connectivity index (χ1) is 6.44. The molecule has 78 valence electrons. The minimum absolute atomic E-state index is 0.0175. The van der Waals surface area contributed by atoms with E-state index in [9.17, 15) is 18.5 Å². The van der Waals surface area contributed by atoms with Gasteiger partial charge in [-0.05, 0) is 11.3 Å². The molecule has 0 unspecified atom stereocenters. The first-order valence-corrected chi connectivity index (χ1v) is 6.70. The lowest BCUT2D eigenvalue weighted by atomic mass is 10.9. The number of rotatable bonds is 4. The second kappa shape index (κ2) is 4.19. The summed E-state index contributed by atoms with van der Waals surface area (Å²) >= 11 is 3.42. The molecule has 0 amide bonds. The van der Waals surface area contributed by atoms with Crippen molar-refractivity contribution in [1.82, 2.24) is 4.98 Å². The van der Waals surface area contributed by atoms with Gasteiger partial charge in [0.05, 0.1) is 4.92 Å². The molecule has 0 saturated heterocycles. The van der Waals surface area contributed by atoms with Crippen molar-refractivity contribution < 1.29 is 13.3 Å². The predicted octanol–water partition coefficient (Wildman–Crippen LogP) is 1.15. The highest BCUT2D eigenvalue weighted by atomic mass is 79.9. The van der Waals surface area contributed by atoms with Crippen LogP contribution in [-0.4, -0.2) is 23.0 Å². The molecule has 1 N–H and O–H groups in total. The molecule has 0 bridgehead atoms. The quantitative estimate of drug-likeness (QED) is 0.510. The van der Waals surface area contributed by atoms with Crippen LogP contribution in [0.4, 0.5) is 10.1 Å². The zero-order chi connectivity index (χ0) is 10.8. The van der Waals surface area contributed by atoms with Crippen LogP contribution in [0.1, 0.15) is 0 Å². The van der Waals surface area contributed by atoms with Crippen LogP contribution in [0.25, 0.3) is 0 Å². The van der Waals surface area contributed by atoms with Gasteiger partial charge in [-0.25, -0.2) is 13.4 Å². The van der Waals surface area contributed by atoms with E-state index in [1.165, 1.54) is 0 Å². The number of nitro groups is 1. The van der Waals surface area contributed by atoms with Crippen molar-refractivity contribution in [3.8, 4) is 0 Å². The van der Waals surface area contributed by atoms with Gasteiger partial charge in [-0.3, -0.25) is 14.8 Å². The number of nitrogens with zero attached hydrogens (tertiary/aromatic N) is 2. The Bertz CT molecular complexity index is 441. The Kier molecular flexibility index (Phi) is 3.39. The molecule has 1 rings (SSSR count). The molecule has 0 spiro atoms. The number of hydrogen-bond donors (Lipinski definition) is 1. The zero-order valence-electron chi connectivity index (χ0n) is 6.51. The maximum atomic E-state index is 11.0. The minimum Gasteiger partial charge on any atom is -0.258 e. The van der Waals surface area contributed by atoms with E-state index in [2.05, 4.69) is 25.6 Å². The Hall–Kier alpha value is -0.740. The average molecular weight is 302 g/mol. The van der Waals surface area contributed by atoms with Gasteiger partial charge in [-0.15, -0.1) is 0 Å². The summed E-state index contributed by atoms with van der Waals surface area (Å²) in [5, 5.41) is 10.0. The van der Waals surface area contributed by atoms with E-state index in [0.717, 1.165) is 6.20 Å². The summed E-state index contributed by atoms with van der Waals surface area (Å²) in [4.78, 5) is 13.1. The number of thiazole rings is 1. The van der Waals surface area contributed by atoms with Crippen LogP contribution >= 0.6 is 27.3 Å². The Labute approximate surface area is 91.5 Å². The molecular formula is C4H4BrN3O4S2. The fourth-order valence-corrected chi connectivity index (χ4v) is 2.31. The van der Waals surface area contributed by atoms with Gasteiger partial charge in [0.15, 0.2) is 0 Å². The monoisotopic (exact) mass is 301 g/mol. The normalized spacial score (nSPS) is 11.2. The van der Waals surface area contributed by atoms with E-state index >= 15 is 0 Å². The Morgan fingerprint density at radius 1 is 1.71 bits per heavy atom. The lowest BCUT2D eigenvalue weighted by molar-refractivity contribution is -0.380. The molecule has 0 radical (unpaired) electrons. The molecule has 0 aliphatic carbocycles. The summed E-state index contributed by atoms with van der Waals surface area (Å²) in [6, 6.07) is 0. The lowest BCUT2D eigenvalue weighted by Gasteiger charge is -1.98. The second-order valence-corrected chi connectivity index (χ2v) is 6.12. The number of halogens is 1. The molecule has 0 atom stereocenters. The van der Waals surface area contributed by atoms with Gasteiger partial charge in [0.1, 0.15) is 10.9 Å². The number of nitrogens with one attached hydrogen (secondary N) is 1. The van der Waals surface area contributed by atoms with E-state index < -0.39 is 14.9 Å². The van der Waals surface area contributed by atoms with E-state index in [1.807, 2.05) is 0 Å². The van der Waals surface area contributed by atoms with Crippen LogP contribution in [0.2, 0.25) is 0 Å². The van der Waals surface area contributed by atoms with Crippen molar-refractivity contribution in [1.29, 1.82) is 0 Å². The maximum absolute atomic E-state index is 11.0. The molecule has 0 fully saturated rings. The van der Waals surface area contributed by atoms with Crippen molar-refractivity contribution in [2.45, 2.75) is 0 Å². The fraction of sp³-hybridized carbons (Fsp3) is 0.250. The molecule has 7 nitrogen and oxygen atoms in total. The van der Waals surface area contributed by atoms with Crippen molar-refractivity contribution in [2.24, 2.45) is 0 Å². The highest BCUT2D eigenvalue weighted by Crippen LogP contribution is 2.25. The predicted molar refractivity (Wildman–Crippen MR) is 55.1 cm³/mol. The van der Waals surface area contributed by atoms with Crippen molar-refractivity contribution in [3.05, 3.63) is 16.3 Å². The van der Waals surface area contributed by atoms with Gasteiger partial charge in [-0.2, -0.15) is 0 Å². The largest absolute Gasteiger partial charge is 0.345 e. The van der Waals surface area contributed by atoms with Crippen molar-refractivity contribution >= 4 is 47.4 Å². The van der Waals surface area contributed by atoms with Gasteiger partial charge in [-0.1, -0.05) is 15.9 Å². The molecule has 0 aromatic carbocycles. The van der Waals surface area contributed by atoms with Crippen LogP contribution < -0.4 is 4.72 Å². The first kappa shape index (κ1) is 11.3. The third kappa shape index (κ3) is 2.89. The Morgan fingerprint density at radius 2 is 2.36 bits per heavy atom. The van der Waals surface area contributed by atoms with Crippen molar-refractivity contribution in [3.63, 3.8) is 0 Å². The number of aromatic nitrogens is 1. The van der Waals surface area contributed by atoms with Gasteiger partial charge in [0.2, 0.25) is 15.2 Å². The summed E-state index contributed by atoms with van der Waals surface area (Å²) in [5.41, 5.74) is 0. The fourth-order valence-electron chi connectivity index (χ4n) is 0.557. The van der Waals surface area contributed by atoms with Gasteiger partial charge >= 0.3 is 5.00 Å². The molecule has 14 heavy (non-hydrogen) atoms. The summed E-state index contributed by atoms with van der Waals surface area (Å²) in [6.07, 6.45) is 0.997. The number of alkyl halides is 1. The van der Waals surface area contributed by atoms with Crippen LogP contribution in [0.15, 0.2) is 6.20 Å². The van der Waals surface area contributed by atoms with Gasteiger partial charge in [0, 0.05) is 0 Å². The van der Waals surface area contributed by atoms with Crippen LogP contribution in [-0.2, 0) is 10.0 Å². The molecule has 0 aliphatic heterocycles. The standard InChI is InChI=1S/C4H4BrN3O4S2/c5-2-14(11,12)7-4-6-1-3(13-4)8(9)10/h1H,2H2,(H,6,7). The summed E-state index contributed by atoms with van der Waals surface area (Å²) in [5.74, 6) is 0. The van der Waals surface area contributed by atoms with E-state index in [1.54, 1.807) is 0 Å². The average Bonchev–Trinajstić information content (AvgIpc) is 2.52. The third-order valence-corrected chi connectivity index (χ3v) is 4.65. The highest BCUT2D eigenvalue weighted by Gasteiger charge is 2.15. The number of anilines is 1. The molecule has 1 heterocycles. The smallest absolute Gasteiger partial charge is 0.258 e. The van der Waals surface area contributed by atoms with Crippen LogP contribution in [0.5, 0.6) is 0 Å². The number of sulfonamides is 1. The molecule has 0 saturated carbocycles. The van der Waals surface area contributed by atoms with Gasteiger partial charge < -0.3 is 0 Å². The summed E-state index contributed by atoms with van der Waals surface area (Å²) in [7, 11) is -3.49. The first-order valence-electron chi connectivity index (χ1n) is 3.11. The van der Waals surface area contributed by atoms with E-state index in [0.29, 0.717) is 11.3 Å². The molecular weight excluding hydrogens is 298 g/mol. The Morgan fingerprint density at radius 3 is 2.79 bits per heavy atom. The number of hydrogen-bond acceptors (Lipinski definition) is 6. The molecule has 0 aliphatic rings. The molecule has 1 aromatic heterocycles.